The van der Waals surface area contributed by atoms with Gasteiger partial charge in [-0.1, -0.05) is 72.8 Å². The van der Waals surface area contributed by atoms with Crippen molar-refractivity contribution in [2.45, 2.75) is 25.4 Å². The van der Waals surface area contributed by atoms with Gasteiger partial charge in [0, 0.05) is 55.1 Å². The van der Waals surface area contributed by atoms with E-state index < -0.39 is 0 Å². The number of benzene rings is 3. The molecule has 2 atom stereocenters. The first-order valence-corrected chi connectivity index (χ1v) is 14.5. The van der Waals surface area contributed by atoms with Crippen LogP contribution < -0.4 is 10.9 Å². The first kappa shape index (κ1) is 26.0. The Morgan fingerprint density at radius 1 is 0.762 bits per heavy atom. The molecule has 0 unspecified atom stereocenters. The third-order valence-corrected chi connectivity index (χ3v) is 8.53. The van der Waals surface area contributed by atoms with Crippen LogP contribution in [0.15, 0.2) is 120 Å². The lowest BCUT2D eigenvalue weighted by molar-refractivity contribution is 0.0594. The fourth-order valence-corrected chi connectivity index (χ4v) is 6.39. The Hall–Kier alpha value is -4.97. The van der Waals surface area contributed by atoms with E-state index in [9.17, 15) is 9.59 Å². The molecular weight excluding hydrogens is 520 g/mol. The van der Waals surface area contributed by atoms with E-state index in [0.29, 0.717) is 37.4 Å². The summed E-state index contributed by atoms with van der Waals surface area (Å²) in [5.74, 6) is 0.481. The van der Waals surface area contributed by atoms with Crippen molar-refractivity contribution in [3.8, 4) is 22.4 Å². The molecule has 1 amide bonds. The zero-order chi connectivity index (χ0) is 28.5. The van der Waals surface area contributed by atoms with Crippen molar-refractivity contribution in [3.63, 3.8) is 0 Å². The van der Waals surface area contributed by atoms with E-state index in [0.717, 1.165) is 40.1 Å². The van der Waals surface area contributed by atoms with Crippen LogP contribution in [0.5, 0.6) is 0 Å². The second kappa shape index (κ2) is 11.1. The number of piperidine rings is 1. The Balaban J connectivity index is 1.03. The van der Waals surface area contributed by atoms with Gasteiger partial charge in [0.05, 0.1) is 5.69 Å². The zero-order valence-corrected chi connectivity index (χ0v) is 23.3. The normalized spacial score (nSPS) is 17.4. The molecule has 3 aromatic carbocycles. The van der Waals surface area contributed by atoms with Crippen molar-refractivity contribution < 1.29 is 4.79 Å². The Morgan fingerprint density at radius 3 is 2.26 bits per heavy atom. The lowest BCUT2D eigenvalue weighted by Gasteiger charge is -2.43. The summed E-state index contributed by atoms with van der Waals surface area (Å²) in [6.45, 7) is 2.50. The van der Waals surface area contributed by atoms with Crippen LogP contribution in [0.3, 0.4) is 0 Å². The highest BCUT2D eigenvalue weighted by Crippen LogP contribution is 2.36. The first-order chi connectivity index (χ1) is 20.6. The van der Waals surface area contributed by atoms with Gasteiger partial charge in [-0.05, 0) is 65.4 Å². The lowest BCUT2D eigenvalue weighted by atomic mass is 9.83. The fourth-order valence-electron chi connectivity index (χ4n) is 6.39. The molecule has 1 saturated heterocycles. The van der Waals surface area contributed by atoms with Gasteiger partial charge in [-0.25, -0.2) is 0 Å². The van der Waals surface area contributed by atoms with Crippen LogP contribution in [0, 0.1) is 5.92 Å². The van der Waals surface area contributed by atoms with Crippen LogP contribution in [0.1, 0.15) is 34.0 Å². The predicted octanol–water partition coefficient (Wildman–Crippen LogP) is 6.45. The molecular formula is C36H32N4O2. The number of nitrogens with one attached hydrogen (secondary N) is 1. The minimum absolute atomic E-state index is 0.0172. The number of aromatic nitrogens is 2. The van der Waals surface area contributed by atoms with Crippen molar-refractivity contribution >= 4 is 11.6 Å². The largest absolute Gasteiger partial charge is 0.377 e. The summed E-state index contributed by atoms with van der Waals surface area (Å²) in [7, 11) is 0. The summed E-state index contributed by atoms with van der Waals surface area (Å²) >= 11 is 0. The Labute approximate surface area is 245 Å². The van der Waals surface area contributed by atoms with Crippen LogP contribution in [-0.4, -0.2) is 33.4 Å². The van der Waals surface area contributed by atoms with Gasteiger partial charge in [-0.2, -0.15) is 0 Å². The van der Waals surface area contributed by atoms with Gasteiger partial charge in [0.25, 0.3) is 11.5 Å². The van der Waals surface area contributed by atoms with E-state index in [1.54, 1.807) is 6.20 Å². The molecule has 6 heteroatoms. The predicted molar refractivity (Wildman–Crippen MR) is 166 cm³/mol. The Bertz CT molecular complexity index is 1760. The molecule has 2 bridgehead atoms. The SMILES string of the molecule is O=C(c1ccc(-c2ccccc2)cc1)N1C[C@@H]2C[C@H](C1)c1ccc(NCc3ccc(-c4ccccn4)cc3)c(=O)n1C2. The molecule has 4 heterocycles. The highest BCUT2D eigenvalue weighted by atomic mass is 16.2. The number of nitrogens with zero attached hydrogens (tertiary/aromatic N) is 3. The van der Waals surface area contributed by atoms with Crippen molar-refractivity contribution in [1.82, 2.24) is 14.5 Å². The van der Waals surface area contributed by atoms with E-state index >= 15 is 0 Å². The topological polar surface area (TPSA) is 67.2 Å². The van der Waals surface area contributed by atoms with Crippen molar-refractivity contribution in [3.05, 3.63) is 143 Å². The van der Waals surface area contributed by atoms with Crippen LogP contribution in [0.2, 0.25) is 0 Å². The van der Waals surface area contributed by atoms with Crippen molar-refractivity contribution in [1.29, 1.82) is 0 Å². The zero-order valence-electron chi connectivity index (χ0n) is 23.3. The fraction of sp³-hybridized carbons (Fsp3) is 0.194. The Morgan fingerprint density at radius 2 is 1.50 bits per heavy atom. The molecule has 2 aliphatic rings. The van der Waals surface area contributed by atoms with E-state index in [-0.39, 0.29) is 23.3 Å². The minimum Gasteiger partial charge on any atom is -0.377 e. The van der Waals surface area contributed by atoms with Crippen LogP contribution in [0.25, 0.3) is 22.4 Å². The molecule has 2 aromatic heterocycles. The maximum atomic E-state index is 13.5. The number of fused-ring (bicyclic) bond motifs is 4. The maximum Gasteiger partial charge on any atom is 0.274 e. The van der Waals surface area contributed by atoms with Crippen LogP contribution in [0.4, 0.5) is 5.69 Å². The van der Waals surface area contributed by atoms with Crippen LogP contribution in [-0.2, 0) is 13.1 Å². The molecule has 6 nitrogen and oxygen atoms in total. The van der Waals surface area contributed by atoms with Crippen molar-refractivity contribution in [2.24, 2.45) is 5.92 Å². The van der Waals surface area contributed by atoms with E-state index in [1.807, 2.05) is 76.2 Å². The third-order valence-electron chi connectivity index (χ3n) is 8.53. The number of rotatable bonds is 6. The number of carbonyl (C=O) groups is 1. The maximum absolute atomic E-state index is 13.5. The summed E-state index contributed by atoms with van der Waals surface area (Å²) < 4.78 is 1.93. The molecule has 42 heavy (non-hydrogen) atoms. The number of anilines is 1. The highest BCUT2D eigenvalue weighted by Gasteiger charge is 2.37. The van der Waals surface area contributed by atoms with Gasteiger partial charge in [-0.15, -0.1) is 0 Å². The third kappa shape index (κ3) is 5.12. The molecule has 1 fully saturated rings. The summed E-state index contributed by atoms with van der Waals surface area (Å²) in [6, 6.07) is 36.2. The van der Waals surface area contributed by atoms with Crippen LogP contribution >= 0.6 is 0 Å². The highest BCUT2D eigenvalue weighted by molar-refractivity contribution is 5.95. The van der Waals surface area contributed by atoms with Crippen molar-refractivity contribution in [2.75, 3.05) is 18.4 Å². The van der Waals surface area contributed by atoms with E-state index in [1.165, 1.54) is 0 Å². The molecule has 0 saturated carbocycles. The molecule has 0 aliphatic carbocycles. The second-order valence-corrected chi connectivity index (χ2v) is 11.3. The first-order valence-electron chi connectivity index (χ1n) is 14.5. The number of amides is 1. The summed E-state index contributed by atoms with van der Waals surface area (Å²) in [6.07, 6.45) is 2.80. The van der Waals surface area contributed by atoms with E-state index in [4.69, 9.17) is 0 Å². The summed E-state index contributed by atoms with van der Waals surface area (Å²) in [4.78, 5) is 33.4. The van der Waals surface area contributed by atoms with Gasteiger partial charge in [0.15, 0.2) is 0 Å². The lowest BCUT2D eigenvalue weighted by Crippen LogP contribution is -2.49. The molecule has 7 rings (SSSR count). The molecule has 208 valence electrons. The van der Waals surface area contributed by atoms with Gasteiger partial charge >= 0.3 is 0 Å². The van der Waals surface area contributed by atoms with Gasteiger partial charge in [0.2, 0.25) is 0 Å². The number of carbonyl (C=O) groups excluding carboxylic acids is 1. The average molecular weight is 553 g/mol. The minimum atomic E-state index is 0.0172. The summed E-state index contributed by atoms with van der Waals surface area (Å²) in [5, 5.41) is 3.36. The number of pyridine rings is 2. The Kier molecular flexibility index (Phi) is 6.88. The molecule has 0 spiro atoms. The molecule has 0 radical (unpaired) electrons. The van der Waals surface area contributed by atoms with Gasteiger partial charge in [0.1, 0.15) is 5.69 Å². The quantitative estimate of drug-likeness (QED) is 0.263. The molecule has 5 aromatic rings. The molecule has 2 aliphatic heterocycles. The van der Waals surface area contributed by atoms with Gasteiger partial charge in [-0.3, -0.25) is 14.6 Å². The monoisotopic (exact) mass is 552 g/mol. The van der Waals surface area contributed by atoms with E-state index in [2.05, 4.69) is 52.8 Å². The summed E-state index contributed by atoms with van der Waals surface area (Å²) in [5.41, 5.74) is 7.70. The number of likely N-dealkylation sites (tertiary alicyclic amines) is 1. The second-order valence-electron chi connectivity index (χ2n) is 11.3. The number of hydrogen-bond acceptors (Lipinski definition) is 4. The molecule has 1 N–H and O–H groups in total. The standard InChI is InChI=1S/C36H32N4O2/c41-35(30-15-13-28(14-16-30)27-6-2-1-3-7-27)39-22-26-20-31(24-39)34-18-17-33(36(42)40(34)23-26)38-21-25-9-11-29(12-10-25)32-8-4-5-19-37-32/h1-19,26,31,38H,20-24H2/t26-,31+/m0/s1. The smallest absolute Gasteiger partial charge is 0.274 e. The van der Waals surface area contributed by atoms with Gasteiger partial charge < -0.3 is 14.8 Å². The number of hydrogen-bond donors (Lipinski definition) is 1. The average Bonchev–Trinajstić information content (AvgIpc) is 3.05.